The van der Waals surface area contributed by atoms with Crippen LogP contribution in [-0.2, 0) is 9.84 Å². The monoisotopic (exact) mass is 231 g/mol. The van der Waals surface area contributed by atoms with Gasteiger partial charge in [0.05, 0.1) is 12.1 Å². The van der Waals surface area contributed by atoms with E-state index in [4.69, 9.17) is 5.73 Å². The fraction of sp³-hybridized carbons (Fsp3) is 0.222. The average molecular weight is 231 g/mol. The fourth-order valence-electron chi connectivity index (χ4n) is 1.12. The van der Waals surface area contributed by atoms with Crippen molar-refractivity contribution in [3.05, 3.63) is 29.6 Å². The largest absolute Gasteiger partial charge is 0.324 e. The van der Waals surface area contributed by atoms with Crippen LogP contribution in [0.5, 0.6) is 0 Å². The van der Waals surface area contributed by atoms with Gasteiger partial charge in [-0.3, -0.25) is 4.79 Å². The summed E-state index contributed by atoms with van der Waals surface area (Å²) in [5.74, 6) is -1.66. The molecule has 0 atom stereocenters. The highest BCUT2D eigenvalue weighted by Crippen LogP contribution is 2.18. The number of benzene rings is 1. The zero-order valence-corrected chi connectivity index (χ0v) is 8.84. The Morgan fingerprint density at radius 2 is 2.07 bits per heavy atom. The van der Waals surface area contributed by atoms with Crippen LogP contribution in [0.1, 0.15) is 10.4 Å². The minimum atomic E-state index is -3.67. The molecule has 2 N–H and O–H groups in total. The first-order valence-electron chi connectivity index (χ1n) is 4.09. The molecule has 1 rings (SSSR count). The van der Waals surface area contributed by atoms with Gasteiger partial charge in [-0.15, -0.1) is 0 Å². The van der Waals surface area contributed by atoms with Gasteiger partial charge in [-0.2, -0.15) is 0 Å². The van der Waals surface area contributed by atoms with E-state index in [0.717, 1.165) is 12.3 Å². The number of hydrogen-bond donors (Lipinski definition) is 1. The first-order valence-corrected chi connectivity index (χ1v) is 5.99. The van der Waals surface area contributed by atoms with E-state index in [1.54, 1.807) is 0 Å². The second-order valence-electron chi connectivity index (χ2n) is 3.02. The fourth-order valence-corrected chi connectivity index (χ4v) is 1.88. The number of nitrogens with two attached hydrogens (primary N) is 1. The lowest BCUT2D eigenvalue weighted by Gasteiger charge is -2.04. The molecule has 0 aromatic heterocycles. The summed E-state index contributed by atoms with van der Waals surface area (Å²) in [4.78, 5) is 10.7. The molecule has 0 spiro atoms. The van der Waals surface area contributed by atoms with Gasteiger partial charge in [-0.05, 0) is 12.1 Å². The highest BCUT2D eigenvalue weighted by atomic mass is 32.2. The van der Waals surface area contributed by atoms with Crippen LogP contribution in [0, 0.1) is 5.82 Å². The third-order valence-corrected chi connectivity index (χ3v) is 2.96. The van der Waals surface area contributed by atoms with E-state index in [-0.39, 0.29) is 12.1 Å². The van der Waals surface area contributed by atoms with Gasteiger partial charge in [0.2, 0.25) is 0 Å². The maximum absolute atomic E-state index is 13.6. The van der Waals surface area contributed by atoms with Crippen molar-refractivity contribution in [2.24, 2.45) is 5.73 Å². The number of hydrogen-bond acceptors (Lipinski definition) is 4. The summed E-state index contributed by atoms with van der Waals surface area (Å²) in [5, 5.41) is 0. The first-order chi connectivity index (χ1) is 6.88. The average Bonchev–Trinajstić information content (AvgIpc) is 2.15. The number of carbonyl (C=O) groups excluding carboxylic acids is 1. The third kappa shape index (κ3) is 2.40. The summed E-state index contributed by atoms with van der Waals surface area (Å²) in [6.07, 6.45) is 0.877. The molecule has 0 aliphatic carbocycles. The SMILES string of the molecule is CS(=O)(=O)c1cccc(C(=O)CN)c1F. The van der Waals surface area contributed by atoms with Crippen LogP contribution >= 0.6 is 0 Å². The van der Waals surface area contributed by atoms with Gasteiger partial charge in [0.1, 0.15) is 4.90 Å². The summed E-state index contributed by atoms with van der Waals surface area (Å²) in [6.45, 7) is -0.357. The van der Waals surface area contributed by atoms with Crippen LogP contribution in [0.2, 0.25) is 0 Å². The lowest BCUT2D eigenvalue weighted by atomic mass is 10.1. The van der Waals surface area contributed by atoms with E-state index in [2.05, 4.69) is 0 Å². The molecule has 0 fully saturated rings. The smallest absolute Gasteiger partial charge is 0.179 e. The second-order valence-corrected chi connectivity index (χ2v) is 5.00. The Labute approximate surface area is 86.8 Å². The van der Waals surface area contributed by atoms with Crippen LogP contribution in [0.15, 0.2) is 23.1 Å². The van der Waals surface area contributed by atoms with Crippen LogP contribution in [0.25, 0.3) is 0 Å². The second kappa shape index (κ2) is 4.08. The van der Waals surface area contributed by atoms with Crippen molar-refractivity contribution in [1.82, 2.24) is 0 Å². The van der Waals surface area contributed by atoms with Gasteiger partial charge >= 0.3 is 0 Å². The molecule has 0 saturated heterocycles. The number of rotatable bonds is 3. The predicted molar refractivity (Wildman–Crippen MR) is 52.9 cm³/mol. The van der Waals surface area contributed by atoms with E-state index in [0.29, 0.717) is 0 Å². The van der Waals surface area contributed by atoms with E-state index in [1.165, 1.54) is 12.1 Å². The zero-order valence-electron chi connectivity index (χ0n) is 8.03. The molecule has 4 nitrogen and oxygen atoms in total. The molecule has 0 saturated carbocycles. The Kier molecular flexibility index (Phi) is 3.21. The van der Waals surface area contributed by atoms with Crippen molar-refractivity contribution in [2.75, 3.05) is 12.8 Å². The molecule has 0 heterocycles. The van der Waals surface area contributed by atoms with Crippen molar-refractivity contribution in [2.45, 2.75) is 4.90 Å². The zero-order chi connectivity index (χ0) is 11.6. The topological polar surface area (TPSA) is 77.2 Å². The summed E-state index contributed by atoms with van der Waals surface area (Å²) < 4.78 is 35.8. The van der Waals surface area contributed by atoms with Gasteiger partial charge in [0.15, 0.2) is 21.4 Å². The van der Waals surface area contributed by atoms with Crippen LogP contribution in [-0.4, -0.2) is 27.0 Å². The van der Waals surface area contributed by atoms with E-state index >= 15 is 0 Å². The van der Waals surface area contributed by atoms with E-state index in [9.17, 15) is 17.6 Å². The molecule has 1 aromatic carbocycles. The van der Waals surface area contributed by atoms with Crippen molar-refractivity contribution >= 4 is 15.6 Å². The van der Waals surface area contributed by atoms with Crippen molar-refractivity contribution in [1.29, 1.82) is 0 Å². The van der Waals surface area contributed by atoms with Gasteiger partial charge in [0, 0.05) is 6.26 Å². The Balaban J connectivity index is 3.43. The standard InChI is InChI=1S/C9H10FNO3S/c1-15(13,14)8-4-2-3-6(9(8)10)7(12)5-11/h2-4H,5,11H2,1H3. The van der Waals surface area contributed by atoms with E-state index < -0.39 is 26.3 Å². The molecule has 0 aliphatic rings. The maximum atomic E-state index is 13.6. The number of sulfone groups is 1. The number of ketones is 1. The summed E-state index contributed by atoms with van der Waals surface area (Å²) in [6, 6.07) is 3.62. The summed E-state index contributed by atoms with van der Waals surface area (Å²) >= 11 is 0. The quantitative estimate of drug-likeness (QED) is 0.762. The lowest BCUT2D eigenvalue weighted by Crippen LogP contribution is -2.16. The molecule has 0 radical (unpaired) electrons. The van der Waals surface area contributed by atoms with Gasteiger partial charge in [0.25, 0.3) is 0 Å². The summed E-state index contributed by atoms with van der Waals surface area (Å²) in [7, 11) is -3.67. The molecule has 0 aliphatic heterocycles. The molecule has 82 valence electrons. The van der Waals surface area contributed by atoms with Crippen molar-refractivity contribution in [3.63, 3.8) is 0 Å². The third-order valence-electron chi connectivity index (χ3n) is 1.85. The highest BCUT2D eigenvalue weighted by Gasteiger charge is 2.19. The van der Waals surface area contributed by atoms with Gasteiger partial charge in [-0.1, -0.05) is 6.07 Å². The van der Waals surface area contributed by atoms with Gasteiger partial charge in [-0.25, -0.2) is 12.8 Å². The number of halogens is 1. The van der Waals surface area contributed by atoms with Crippen molar-refractivity contribution < 1.29 is 17.6 Å². The molecule has 15 heavy (non-hydrogen) atoms. The Morgan fingerprint density at radius 3 is 2.53 bits per heavy atom. The number of Topliss-reactive ketones (excluding diaryl/α,β-unsaturated/α-hetero) is 1. The normalized spacial score (nSPS) is 11.4. The minimum absolute atomic E-state index is 0.291. The van der Waals surface area contributed by atoms with Crippen LogP contribution in [0.3, 0.4) is 0 Å². The Bertz CT molecular complexity index is 496. The Hall–Kier alpha value is -1.27. The molecular weight excluding hydrogens is 221 g/mol. The molecule has 0 bridgehead atoms. The molecule has 1 aromatic rings. The van der Waals surface area contributed by atoms with Crippen molar-refractivity contribution in [3.8, 4) is 0 Å². The number of carbonyl (C=O) groups is 1. The minimum Gasteiger partial charge on any atom is -0.324 e. The molecule has 6 heteroatoms. The molecular formula is C9H10FNO3S. The maximum Gasteiger partial charge on any atom is 0.179 e. The molecule has 0 amide bonds. The highest BCUT2D eigenvalue weighted by molar-refractivity contribution is 7.90. The van der Waals surface area contributed by atoms with E-state index in [1.807, 2.05) is 0 Å². The van der Waals surface area contributed by atoms with Crippen LogP contribution < -0.4 is 5.73 Å². The summed E-state index contributed by atoms with van der Waals surface area (Å²) in [5.41, 5.74) is 4.78. The lowest BCUT2D eigenvalue weighted by molar-refractivity contribution is 0.0997. The first kappa shape index (κ1) is 11.8. The van der Waals surface area contributed by atoms with Crippen LogP contribution in [0.4, 0.5) is 4.39 Å². The van der Waals surface area contributed by atoms with Gasteiger partial charge < -0.3 is 5.73 Å². The predicted octanol–water partition coefficient (Wildman–Crippen LogP) is 0.371. The molecule has 0 unspecified atom stereocenters. The Morgan fingerprint density at radius 1 is 1.47 bits per heavy atom.